The summed E-state index contributed by atoms with van der Waals surface area (Å²) in [6.45, 7) is 2.10. The Bertz CT molecular complexity index is 1580. The second-order valence-corrected chi connectivity index (χ2v) is 9.54. The minimum absolute atomic E-state index is 0.000260. The molecule has 2 aromatic heterocycles. The first-order valence-electron chi connectivity index (χ1n) is 10.5. The van der Waals surface area contributed by atoms with Crippen LogP contribution in [-0.2, 0) is 6.42 Å². The second-order valence-electron chi connectivity index (χ2n) is 8.11. The summed E-state index contributed by atoms with van der Waals surface area (Å²) in [5, 5.41) is 9.97. The third-order valence-corrected chi connectivity index (χ3v) is 7.75. The van der Waals surface area contributed by atoms with Crippen molar-refractivity contribution in [3.8, 4) is 17.2 Å². The lowest BCUT2D eigenvalue weighted by atomic mass is 9.90. The van der Waals surface area contributed by atoms with Gasteiger partial charge in [0.2, 0.25) is 0 Å². The molecule has 2 aromatic carbocycles. The Morgan fingerprint density at radius 3 is 2.74 bits per heavy atom. The molecule has 35 heavy (non-hydrogen) atoms. The topological polar surface area (TPSA) is 122 Å². The van der Waals surface area contributed by atoms with Crippen molar-refractivity contribution in [2.24, 2.45) is 0 Å². The molecule has 1 amide bonds. The van der Waals surface area contributed by atoms with E-state index < -0.39 is 23.6 Å². The van der Waals surface area contributed by atoms with Crippen molar-refractivity contribution in [1.82, 2.24) is 14.9 Å². The molecule has 4 N–H and O–H groups in total. The fourth-order valence-corrected chi connectivity index (χ4v) is 5.89. The van der Waals surface area contributed by atoms with Crippen LogP contribution in [-0.4, -0.2) is 27.3 Å². The molecular weight excluding hydrogens is 494 g/mol. The van der Waals surface area contributed by atoms with Gasteiger partial charge < -0.3 is 16.4 Å². The van der Waals surface area contributed by atoms with E-state index in [1.807, 2.05) is 6.07 Å². The maximum absolute atomic E-state index is 15.6. The van der Waals surface area contributed by atoms with E-state index in [4.69, 9.17) is 23.1 Å². The number of benzene rings is 2. The van der Waals surface area contributed by atoms with Crippen molar-refractivity contribution < 1.29 is 13.6 Å². The van der Waals surface area contributed by atoms with Crippen LogP contribution in [0.2, 0.25) is 5.02 Å². The van der Waals surface area contributed by atoms with Crippen LogP contribution in [0.25, 0.3) is 21.2 Å². The summed E-state index contributed by atoms with van der Waals surface area (Å²) in [7, 11) is 0. The Morgan fingerprint density at radius 1 is 1.26 bits per heavy atom. The number of thiophene rings is 1. The summed E-state index contributed by atoms with van der Waals surface area (Å²) >= 11 is 7.60. The molecule has 1 atom stereocenters. The van der Waals surface area contributed by atoms with Crippen molar-refractivity contribution in [2.75, 3.05) is 18.0 Å². The standard InChI is InChI=1S/C24H17ClF2N6OS/c1-10(15-8-31-9-32-22(15)29)33-5-4-11-13(24(33)34)6-17(27)19(20(11)25)12-2-3-16(26)21-18(12)14(7-28)23(30)35-21/h2-3,6,8-10H,4-5,30H2,1H3,(H2,29,31,32)/t10-/m0/s1. The van der Waals surface area contributed by atoms with Crippen LogP contribution in [0.1, 0.15) is 40.0 Å². The predicted octanol–water partition coefficient (Wildman–Crippen LogP) is 5.09. The summed E-state index contributed by atoms with van der Waals surface area (Å²) in [5.74, 6) is -1.48. The quantitative estimate of drug-likeness (QED) is 0.396. The molecule has 4 aromatic rings. The van der Waals surface area contributed by atoms with Crippen molar-refractivity contribution in [3.05, 3.63) is 69.6 Å². The zero-order valence-electron chi connectivity index (χ0n) is 18.3. The fourth-order valence-electron chi connectivity index (χ4n) is 4.55. The van der Waals surface area contributed by atoms with Gasteiger partial charge in [-0.3, -0.25) is 4.79 Å². The zero-order valence-corrected chi connectivity index (χ0v) is 19.8. The van der Waals surface area contributed by atoms with E-state index in [0.29, 0.717) is 24.1 Å². The second kappa shape index (κ2) is 8.45. The molecular formula is C24H17ClF2N6OS. The highest BCUT2D eigenvalue weighted by atomic mass is 35.5. The highest BCUT2D eigenvalue weighted by molar-refractivity contribution is 7.23. The smallest absolute Gasteiger partial charge is 0.254 e. The number of hydrogen-bond donors (Lipinski definition) is 2. The minimum atomic E-state index is -0.763. The number of halogens is 3. The van der Waals surface area contributed by atoms with Crippen LogP contribution in [0.4, 0.5) is 19.6 Å². The van der Waals surface area contributed by atoms with Gasteiger partial charge in [-0.05, 0) is 36.6 Å². The number of nitrogens with zero attached hydrogens (tertiary/aromatic N) is 4. The number of nitrogens with two attached hydrogens (primary N) is 2. The van der Waals surface area contributed by atoms with Crippen LogP contribution < -0.4 is 11.5 Å². The van der Waals surface area contributed by atoms with Crippen LogP contribution in [0, 0.1) is 23.0 Å². The minimum Gasteiger partial charge on any atom is -0.389 e. The zero-order chi connectivity index (χ0) is 25.0. The first kappa shape index (κ1) is 23.0. The monoisotopic (exact) mass is 510 g/mol. The van der Waals surface area contributed by atoms with E-state index in [0.717, 1.165) is 17.4 Å². The highest BCUT2D eigenvalue weighted by Gasteiger charge is 2.33. The fraction of sp³-hybridized carbons (Fsp3) is 0.167. The Labute approximate surface area is 207 Å². The molecule has 1 aliphatic heterocycles. The number of carbonyl (C=O) groups excluding carboxylic acids is 1. The molecule has 1 aliphatic rings. The molecule has 176 valence electrons. The SMILES string of the molecule is C[C@@H](c1cncnc1N)N1CCc2c(cc(F)c(-c3ccc(F)c4sc(N)c(C#N)c34)c2Cl)C1=O. The third kappa shape index (κ3) is 3.47. The van der Waals surface area contributed by atoms with E-state index in [2.05, 4.69) is 9.97 Å². The summed E-state index contributed by atoms with van der Waals surface area (Å²) in [6.07, 6.45) is 3.22. The number of amides is 1. The lowest BCUT2D eigenvalue weighted by molar-refractivity contribution is 0.0672. The number of hydrogen-bond acceptors (Lipinski definition) is 7. The number of aromatic nitrogens is 2. The molecule has 0 bridgehead atoms. The largest absolute Gasteiger partial charge is 0.389 e. The van der Waals surface area contributed by atoms with Crippen LogP contribution in [0.5, 0.6) is 0 Å². The number of rotatable bonds is 3. The summed E-state index contributed by atoms with van der Waals surface area (Å²) < 4.78 is 30.2. The van der Waals surface area contributed by atoms with Gasteiger partial charge in [0, 0.05) is 34.8 Å². The highest BCUT2D eigenvalue weighted by Crippen LogP contribution is 2.45. The van der Waals surface area contributed by atoms with E-state index >= 15 is 4.39 Å². The van der Waals surface area contributed by atoms with Gasteiger partial charge in [0.1, 0.15) is 34.8 Å². The molecule has 5 rings (SSSR count). The van der Waals surface area contributed by atoms with Crippen molar-refractivity contribution in [3.63, 3.8) is 0 Å². The number of fused-ring (bicyclic) bond motifs is 2. The molecule has 0 saturated carbocycles. The Balaban J connectivity index is 1.64. The molecule has 3 heterocycles. The Kier molecular flexibility index (Phi) is 5.54. The van der Waals surface area contributed by atoms with E-state index in [9.17, 15) is 14.4 Å². The lowest BCUT2D eigenvalue weighted by Gasteiger charge is -2.34. The Morgan fingerprint density at radius 2 is 2.03 bits per heavy atom. The summed E-state index contributed by atoms with van der Waals surface area (Å²) in [4.78, 5) is 22.9. The lowest BCUT2D eigenvalue weighted by Crippen LogP contribution is -2.40. The van der Waals surface area contributed by atoms with Gasteiger partial charge in [0.25, 0.3) is 5.91 Å². The average molecular weight is 511 g/mol. The normalized spacial score (nSPS) is 14.1. The molecule has 7 nitrogen and oxygen atoms in total. The number of nitriles is 1. The number of anilines is 2. The molecule has 0 saturated heterocycles. The van der Waals surface area contributed by atoms with E-state index in [-0.39, 0.29) is 48.2 Å². The van der Waals surface area contributed by atoms with Crippen molar-refractivity contribution >= 4 is 49.7 Å². The number of carbonyl (C=O) groups is 1. The average Bonchev–Trinajstić information content (AvgIpc) is 3.18. The first-order valence-corrected chi connectivity index (χ1v) is 11.7. The number of nitrogen functional groups attached to an aromatic ring is 2. The van der Waals surface area contributed by atoms with Crippen molar-refractivity contribution in [1.29, 1.82) is 5.26 Å². The molecule has 0 unspecified atom stereocenters. The first-order chi connectivity index (χ1) is 16.7. The van der Waals surface area contributed by atoms with Gasteiger partial charge in [-0.1, -0.05) is 17.7 Å². The molecule has 0 radical (unpaired) electrons. The van der Waals surface area contributed by atoms with Gasteiger partial charge >= 0.3 is 0 Å². The van der Waals surface area contributed by atoms with Gasteiger partial charge in [-0.2, -0.15) is 5.26 Å². The van der Waals surface area contributed by atoms with Gasteiger partial charge in [-0.15, -0.1) is 11.3 Å². The van der Waals surface area contributed by atoms with Gasteiger partial charge in [-0.25, -0.2) is 18.7 Å². The van der Waals surface area contributed by atoms with Crippen LogP contribution in [0.3, 0.4) is 0 Å². The summed E-state index contributed by atoms with van der Waals surface area (Å²) in [6, 6.07) is 5.23. The Hall–Kier alpha value is -3.81. The van der Waals surface area contributed by atoms with Crippen LogP contribution >= 0.6 is 22.9 Å². The van der Waals surface area contributed by atoms with Gasteiger partial charge in [0.15, 0.2) is 0 Å². The predicted molar refractivity (Wildman–Crippen MR) is 131 cm³/mol. The maximum Gasteiger partial charge on any atom is 0.254 e. The van der Waals surface area contributed by atoms with Crippen molar-refractivity contribution in [2.45, 2.75) is 19.4 Å². The molecule has 0 fully saturated rings. The van der Waals surface area contributed by atoms with E-state index in [1.165, 1.54) is 18.5 Å². The molecule has 0 aliphatic carbocycles. The van der Waals surface area contributed by atoms with E-state index in [1.54, 1.807) is 18.0 Å². The van der Waals surface area contributed by atoms with Crippen LogP contribution in [0.15, 0.2) is 30.7 Å². The van der Waals surface area contributed by atoms with Gasteiger partial charge in [0.05, 0.1) is 21.3 Å². The molecule has 0 spiro atoms. The summed E-state index contributed by atoms with van der Waals surface area (Å²) in [5.41, 5.74) is 13.4. The molecule has 11 heteroatoms. The third-order valence-electron chi connectivity index (χ3n) is 6.30. The maximum atomic E-state index is 15.6.